The highest BCUT2D eigenvalue weighted by atomic mass is 16.4. The van der Waals surface area contributed by atoms with E-state index >= 15 is 0 Å². The molecular formula is C14H23NO3. The summed E-state index contributed by atoms with van der Waals surface area (Å²) < 4.78 is 0. The number of amides is 1. The maximum absolute atomic E-state index is 11.8. The molecule has 0 aromatic rings. The molecule has 0 aromatic carbocycles. The maximum Gasteiger partial charge on any atom is 0.303 e. The molecule has 2 N–H and O–H groups in total. The molecule has 2 rings (SSSR count). The van der Waals surface area contributed by atoms with Gasteiger partial charge in [-0.1, -0.05) is 25.7 Å². The van der Waals surface area contributed by atoms with Crippen molar-refractivity contribution in [2.24, 2.45) is 11.3 Å². The summed E-state index contributed by atoms with van der Waals surface area (Å²) in [6.45, 7) is 0.550. The second-order valence-corrected chi connectivity index (χ2v) is 5.98. The third kappa shape index (κ3) is 3.24. The van der Waals surface area contributed by atoms with E-state index in [9.17, 15) is 9.59 Å². The van der Waals surface area contributed by atoms with Crippen LogP contribution in [-0.4, -0.2) is 23.5 Å². The summed E-state index contributed by atoms with van der Waals surface area (Å²) in [6, 6.07) is 0. The van der Waals surface area contributed by atoms with Crippen LogP contribution >= 0.6 is 0 Å². The van der Waals surface area contributed by atoms with Gasteiger partial charge in [-0.15, -0.1) is 0 Å². The predicted octanol–water partition coefficient (Wildman–Crippen LogP) is 2.33. The molecule has 0 bridgehead atoms. The smallest absolute Gasteiger partial charge is 0.303 e. The largest absolute Gasteiger partial charge is 0.481 e. The van der Waals surface area contributed by atoms with Gasteiger partial charge >= 0.3 is 5.97 Å². The van der Waals surface area contributed by atoms with Crippen LogP contribution in [0.3, 0.4) is 0 Å². The summed E-state index contributed by atoms with van der Waals surface area (Å²) in [5.41, 5.74) is -0.191. The van der Waals surface area contributed by atoms with Crippen LogP contribution in [0.25, 0.3) is 0 Å². The van der Waals surface area contributed by atoms with Crippen LogP contribution in [-0.2, 0) is 9.59 Å². The molecule has 0 aliphatic heterocycles. The van der Waals surface area contributed by atoms with Gasteiger partial charge in [0.1, 0.15) is 0 Å². The number of carbonyl (C=O) groups excluding carboxylic acids is 1. The molecule has 0 spiro atoms. The number of aliphatic carboxylic acids is 1. The van der Waals surface area contributed by atoms with Gasteiger partial charge in [0.15, 0.2) is 0 Å². The highest BCUT2D eigenvalue weighted by Gasteiger charge is 2.35. The number of hydrogen-bond acceptors (Lipinski definition) is 2. The van der Waals surface area contributed by atoms with Gasteiger partial charge in [-0.3, -0.25) is 9.59 Å². The molecule has 102 valence electrons. The van der Waals surface area contributed by atoms with Crippen molar-refractivity contribution in [3.63, 3.8) is 0 Å². The van der Waals surface area contributed by atoms with E-state index in [-0.39, 0.29) is 23.7 Å². The third-order valence-electron chi connectivity index (χ3n) is 4.55. The number of hydrogen-bond donors (Lipinski definition) is 2. The standard InChI is InChI=1S/C14H23NO3/c16-12(17)9-14(7-2-1-3-8-14)10-15-13(18)11-5-4-6-11/h11H,1-10H2,(H,15,18)(H,16,17). The van der Waals surface area contributed by atoms with Gasteiger partial charge in [-0.25, -0.2) is 0 Å². The second-order valence-electron chi connectivity index (χ2n) is 5.98. The molecule has 0 unspecified atom stereocenters. The van der Waals surface area contributed by atoms with Gasteiger partial charge < -0.3 is 10.4 Å². The van der Waals surface area contributed by atoms with Crippen LogP contribution in [0.15, 0.2) is 0 Å². The van der Waals surface area contributed by atoms with E-state index in [1.807, 2.05) is 0 Å². The van der Waals surface area contributed by atoms with Crippen molar-refractivity contribution in [3.05, 3.63) is 0 Å². The Morgan fingerprint density at radius 1 is 1.11 bits per heavy atom. The molecule has 0 aromatic heterocycles. The van der Waals surface area contributed by atoms with Crippen molar-refractivity contribution in [2.75, 3.05) is 6.54 Å². The van der Waals surface area contributed by atoms with E-state index in [1.165, 1.54) is 6.42 Å². The number of carboxylic acid groups (broad SMARTS) is 1. The van der Waals surface area contributed by atoms with Crippen LogP contribution in [0.1, 0.15) is 57.8 Å². The topological polar surface area (TPSA) is 66.4 Å². The Bertz CT molecular complexity index is 317. The zero-order chi connectivity index (χ0) is 13.0. The molecule has 2 aliphatic rings. The van der Waals surface area contributed by atoms with Gasteiger partial charge in [0.05, 0.1) is 6.42 Å². The molecule has 2 aliphatic carbocycles. The minimum Gasteiger partial charge on any atom is -0.481 e. The van der Waals surface area contributed by atoms with E-state index in [0.717, 1.165) is 44.9 Å². The lowest BCUT2D eigenvalue weighted by atomic mass is 9.71. The van der Waals surface area contributed by atoms with Crippen molar-refractivity contribution in [2.45, 2.75) is 57.8 Å². The molecule has 0 saturated heterocycles. The number of nitrogens with one attached hydrogen (secondary N) is 1. The number of carbonyl (C=O) groups is 2. The Kier molecular flexibility index (Phi) is 4.25. The normalized spacial score (nSPS) is 23.1. The van der Waals surface area contributed by atoms with E-state index in [4.69, 9.17) is 5.11 Å². The maximum atomic E-state index is 11.8. The summed E-state index contributed by atoms with van der Waals surface area (Å²) in [7, 11) is 0. The fraction of sp³-hybridized carbons (Fsp3) is 0.857. The lowest BCUT2D eigenvalue weighted by molar-refractivity contribution is -0.141. The lowest BCUT2D eigenvalue weighted by Crippen LogP contribution is -2.43. The lowest BCUT2D eigenvalue weighted by Gasteiger charge is -2.37. The van der Waals surface area contributed by atoms with Gasteiger partial charge in [0.25, 0.3) is 0 Å². The predicted molar refractivity (Wildman–Crippen MR) is 68.1 cm³/mol. The van der Waals surface area contributed by atoms with Crippen LogP contribution < -0.4 is 5.32 Å². The third-order valence-corrected chi connectivity index (χ3v) is 4.55. The molecule has 0 atom stereocenters. The van der Waals surface area contributed by atoms with Crippen LogP contribution in [0.5, 0.6) is 0 Å². The monoisotopic (exact) mass is 253 g/mol. The molecule has 2 saturated carbocycles. The van der Waals surface area contributed by atoms with Gasteiger partial charge in [0.2, 0.25) is 5.91 Å². The molecule has 4 nitrogen and oxygen atoms in total. The zero-order valence-corrected chi connectivity index (χ0v) is 10.9. The van der Waals surface area contributed by atoms with Gasteiger partial charge in [-0.05, 0) is 31.1 Å². The summed E-state index contributed by atoms with van der Waals surface area (Å²) in [6.07, 6.45) is 8.58. The molecule has 0 heterocycles. The van der Waals surface area contributed by atoms with E-state index < -0.39 is 5.97 Å². The van der Waals surface area contributed by atoms with Crippen molar-refractivity contribution < 1.29 is 14.7 Å². The quantitative estimate of drug-likeness (QED) is 0.790. The molecule has 2 fully saturated rings. The van der Waals surface area contributed by atoms with Gasteiger partial charge in [0, 0.05) is 12.5 Å². The van der Waals surface area contributed by atoms with E-state index in [0.29, 0.717) is 6.54 Å². The van der Waals surface area contributed by atoms with Crippen molar-refractivity contribution in [3.8, 4) is 0 Å². The molecule has 0 radical (unpaired) electrons. The molecule has 4 heteroatoms. The van der Waals surface area contributed by atoms with Crippen molar-refractivity contribution in [1.29, 1.82) is 0 Å². The molecular weight excluding hydrogens is 230 g/mol. The Balaban J connectivity index is 1.87. The highest BCUT2D eigenvalue weighted by Crippen LogP contribution is 2.39. The first-order valence-electron chi connectivity index (χ1n) is 7.11. The Hall–Kier alpha value is -1.06. The fourth-order valence-electron chi connectivity index (χ4n) is 3.13. The SMILES string of the molecule is O=C(O)CC1(CNC(=O)C2CCC2)CCCCC1. The van der Waals surface area contributed by atoms with Crippen LogP contribution in [0.4, 0.5) is 0 Å². The van der Waals surface area contributed by atoms with Gasteiger partial charge in [-0.2, -0.15) is 0 Å². The summed E-state index contributed by atoms with van der Waals surface area (Å²) in [5.74, 6) is -0.415. The average molecular weight is 253 g/mol. The number of carboxylic acids is 1. The zero-order valence-electron chi connectivity index (χ0n) is 10.9. The first-order valence-corrected chi connectivity index (χ1v) is 7.11. The second kappa shape index (κ2) is 5.72. The van der Waals surface area contributed by atoms with E-state index in [1.54, 1.807) is 0 Å². The Morgan fingerprint density at radius 3 is 2.28 bits per heavy atom. The molecule has 1 amide bonds. The number of rotatable bonds is 5. The first kappa shape index (κ1) is 13.4. The fourth-order valence-corrected chi connectivity index (χ4v) is 3.13. The summed E-state index contributed by atoms with van der Waals surface area (Å²) in [5, 5.41) is 12.0. The minimum atomic E-state index is -0.741. The highest BCUT2D eigenvalue weighted by molar-refractivity contribution is 5.79. The van der Waals surface area contributed by atoms with Crippen molar-refractivity contribution >= 4 is 11.9 Å². The average Bonchev–Trinajstić information content (AvgIpc) is 2.24. The van der Waals surface area contributed by atoms with E-state index in [2.05, 4.69) is 5.32 Å². The Morgan fingerprint density at radius 2 is 1.78 bits per heavy atom. The Labute approximate surface area is 108 Å². The molecule has 18 heavy (non-hydrogen) atoms. The van der Waals surface area contributed by atoms with Crippen LogP contribution in [0, 0.1) is 11.3 Å². The van der Waals surface area contributed by atoms with Crippen LogP contribution in [0.2, 0.25) is 0 Å². The van der Waals surface area contributed by atoms with Crippen molar-refractivity contribution in [1.82, 2.24) is 5.32 Å². The summed E-state index contributed by atoms with van der Waals surface area (Å²) >= 11 is 0. The first-order chi connectivity index (χ1) is 8.61. The summed E-state index contributed by atoms with van der Waals surface area (Å²) in [4.78, 5) is 22.8. The minimum absolute atomic E-state index is 0.136.